The van der Waals surface area contributed by atoms with Crippen LogP contribution in [-0.2, 0) is 27.4 Å². The van der Waals surface area contributed by atoms with Crippen molar-refractivity contribution in [2.75, 3.05) is 13.2 Å². The molecule has 208 valence electrons. The average Bonchev–Trinajstić information content (AvgIpc) is 3.01. The summed E-state index contributed by atoms with van der Waals surface area (Å²) in [7, 11) is 0. The molecule has 6 heteroatoms. The fourth-order valence-electron chi connectivity index (χ4n) is 4.91. The Morgan fingerprint density at radius 2 is 1.05 bits per heavy atom. The summed E-state index contributed by atoms with van der Waals surface area (Å²) in [6.07, 6.45) is -2.19. The van der Waals surface area contributed by atoms with Crippen LogP contribution >= 0.6 is 0 Å². The van der Waals surface area contributed by atoms with Crippen molar-refractivity contribution < 1.29 is 28.8 Å². The highest BCUT2D eigenvalue weighted by Gasteiger charge is 2.47. The highest BCUT2D eigenvalue weighted by atomic mass is 16.7. The maximum atomic E-state index is 11.2. The first kappa shape index (κ1) is 27.9. The van der Waals surface area contributed by atoms with E-state index in [-0.39, 0.29) is 12.0 Å². The second kappa shape index (κ2) is 14.6. The molecule has 0 amide bonds. The number of hydrogen-bond acceptors (Lipinski definition) is 6. The quantitative estimate of drug-likeness (QED) is 0.223. The monoisotopic (exact) mass is 540 g/mol. The molecule has 5 unspecified atom stereocenters. The van der Waals surface area contributed by atoms with Crippen LogP contribution in [0.2, 0.25) is 0 Å². The Balaban J connectivity index is 1.36. The van der Waals surface area contributed by atoms with Gasteiger partial charge in [0.05, 0.1) is 38.6 Å². The summed E-state index contributed by atoms with van der Waals surface area (Å²) in [5.74, 6) is 1.32. The van der Waals surface area contributed by atoms with E-state index in [0.717, 1.165) is 22.6 Å². The molecule has 0 spiro atoms. The van der Waals surface area contributed by atoms with Crippen molar-refractivity contribution in [2.45, 2.75) is 44.2 Å². The van der Waals surface area contributed by atoms with Crippen LogP contribution < -0.4 is 9.47 Å². The van der Waals surface area contributed by atoms with Crippen LogP contribution in [-0.4, -0.2) is 42.9 Å². The molecule has 1 saturated heterocycles. The molecule has 4 aromatic carbocycles. The third-order valence-electron chi connectivity index (χ3n) is 6.99. The van der Waals surface area contributed by atoms with E-state index in [4.69, 9.17) is 23.7 Å². The number of benzene rings is 4. The molecule has 1 aliphatic rings. The summed E-state index contributed by atoms with van der Waals surface area (Å²) in [5, 5.41) is 11.2. The van der Waals surface area contributed by atoms with Crippen molar-refractivity contribution in [3.8, 4) is 11.5 Å². The molecule has 6 nitrogen and oxygen atoms in total. The van der Waals surface area contributed by atoms with Crippen molar-refractivity contribution in [1.82, 2.24) is 0 Å². The van der Waals surface area contributed by atoms with Gasteiger partial charge < -0.3 is 28.8 Å². The smallest absolute Gasteiger partial charge is 0.184 e. The minimum Gasteiger partial charge on any atom is -0.493 e. The second-order valence-electron chi connectivity index (χ2n) is 9.83. The van der Waals surface area contributed by atoms with Crippen molar-refractivity contribution in [1.29, 1.82) is 0 Å². The Bertz CT molecular complexity index is 1240. The van der Waals surface area contributed by atoms with Crippen molar-refractivity contribution in [3.63, 3.8) is 0 Å². The lowest BCUT2D eigenvalue weighted by atomic mass is 9.87. The second-order valence-corrected chi connectivity index (χ2v) is 9.83. The number of rotatable bonds is 13. The molecule has 0 aromatic heterocycles. The fraction of sp³-hybridized carbons (Fsp3) is 0.294. The minimum atomic E-state index is -1.17. The summed E-state index contributed by atoms with van der Waals surface area (Å²) >= 11 is 0. The lowest BCUT2D eigenvalue weighted by molar-refractivity contribution is -0.295. The molecule has 4 aromatic rings. The highest BCUT2D eigenvalue weighted by Crippen LogP contribution is 2.33. The van der Waals surface area contributed by atoms with Gasteiger partial charge in [-0.1, -0.05) is 97.1 Å². The number of para-hydroxylation sites is 2. The first-order valence-corrected chi connectivity index (χ1v) is 13.8. The standard InChI is InChI=1S/C34H36O6/c35-34-33(39-24-27-15-7-2-8-16-27)32(38-23-26-13-5-1-6-14-26)30(25-37-29-19-11-4-12-20-29)31(40-34)21-22-36-28-17-9-3-10-18-28/h1-20,30-35H,21-25H2. The van der Waals surface area contributed by atoms with Gasteiger partial charge in [-0.05, 0) is 35.4 Å². The Kier molecular flexibility index (Phi) is 10.2. The summed E-state index contributed by atoms with van der Waals surface area (Å²) in [5.41, 5.74) is 2.05. The molecule has 40 heavy (non-hydrogen) atoms. The maximum Gasteiger partial charge on any atom is 0.184 e. The number of aliphatic hydroxyl groups is 1. The van der Waals surface area contributed by atoms with Gasteiger partial charge in [-0.15, -0.1) is 0 Å². The molecule has 1 fully saturated rings. The molecule has 0 bridgehead atoms. The fourth-order valence-corrected chi connectivity index (χ4v) is 4.91. The zero-order valence-corrected chi connectivity index (χ0v) is 22.5. The Labute approximate surface area is 236 Å². The molecular formula is C34H36O6. The van der Waals surface area contributed by atoms with Gasteiger partial charge in [-0.3, -0.25) is 0 Å². The van der Waals surface area contributed by atoms with E-state index in [1.165, 1.54) is 0 Å². The van der Waals surface area contributed by atoms with Crippen LogP contribution in [0.5, 0.6) is 11.5 Å². The van der Waals surface area contributed by atoms with Crippen molar-refractivity contribution in [3.05, 3.63) is 132 Å². The molecule has 1 heterocycles. The first-order valence-electron chi connectivity index (χ1n) is 13.8. The van der Waals surface area contributed by atoms with Gasteiger partial charge in [-0.2, -0.15) is 0 Å². The molecule has 0 radical (unpaired) electrons. The van der Waals surface area contributed by atoms with Crippen molar-refractivity contribution >= 4 is 0 Å². The Morgan fingerprint density at radius 1 is 0.575 bits per heavy atom. The van der Waals surface area contributed by atoms with E-state index in [0.29, 0.717) is 32.8 Å². The molecule has 1 aliphatic heterocycles. The van der Waals surface area contributed by atoms with E-state index in [1.54, 1.807) is 0 Å². The van der Waals surface area contributed by atoms with E-state index >= 15 is 0 Å². The summed E-state index contributed by atoms with van der Waals surface area (Å²) in [4.78, 5) is 0. The highest BCUT2D eigenvalue weighted by molar-refractivity contribution is 5.22. The molecule has 5 rings (SSSR count). The van der Waals surface area contributed by atoms with Crippen LogP contribution in [0.25, 0.3) is 0 Å². The van der Waals surface area contributed by atoms with Gasteiger partial charge in [0.2, 0.25) is 0 Å². The van der Waals surface area contributed by atoms with Gasteiger partial charge in [-0.25, -0.2) is 0 Å². The molecule has 5 atom stereocenters. The zero-order valence-electron chi connectivity index (χ0n) is 22.5. The molecular weight excluding hydrogens is 504 g/mol. The summed E-state index contributed by atoms with van der Waals surface area (Å²) < 4.78 is 31.3. The average molecular weight is 541 g/mol. The zero-order chi connectivity index (χ0) is 27.4. The Morgan fingerprint density at radius 3 is 1.60 bits per heavy atom. The lowest BCUT2D eigenvalue weighted by Crippen LogP contribution is -2.58. The predicted molar refractivity (Wildman–Crippen MR) is 153 cm³/mol. The SMILES string of the molecule is OC1OC(CCOc2ccccc2)C(COc2ccccc2)C(OCc2ccccc2)C1OCc1ccccc1. The van der Waals surface area contributed by atoms with Gasteiger partial charge in [0.1, 0.15) is 17.6 Å². The summed E-state index contributed by atoms with van der Waals surface area (Å²) in [6.45, 7) is 1.45. The predicted octanol–water partition coefficient (Wildman–Crippen LogP) is 6.04. The topological polar surface area (TPSA) is 66.4 Å². The van der Waals surface area contributed by atoms with Crippen LogP contribution in [0, 0.1) is 5.92 Å². The van der Waals surface area contributed by atoms with Gasteiger partial charge in [0.15, 0.2) is 6.29 Å². The van der Waals surface area contributed by atoms with Crippen LogP contribution in [0.4, 0.5) is 0 Å². The number of ether oxygens (including phenoxy) is 5. The van der Waals surface area contributed by atoms with Crippen LogP contribution in [0.3, 0.4) is 0 Å². The normalized spacial score (nSPS) is 22.5. The van der Waals surface area contributed by atoms with Gasteiger partial charge in [0, 0.05) is 12.3 Å². The van der Waals surface area contributed by atoms with E-state index in [1.807, 2.05) is 121 Å². The maximum absolute atomic E-state index is 11.2. The lowest BCUT2D eigenvalue weighted by Gasteiger charge is -2.44. The van der Waals surface area contributed by atoms with E-state index in [9.17, 15) is 5.11 Å². The largest absolute Gasteiger partial charge is 0.493 e. The van der Waals surface area contributed by atoms with Crippen LogP contribution in [0.1, 0.15) is 17.5 Å². The third kappa shape index (κ3) is 7.93. The number of aliphatic hydroxyl groups excluding tert-OH is 1. The molecule has 0 saturated carbocycles. The molecule has 1 N–H and O–H groups in total. The minimum absolute atomic E-state index is 0.229. The van der Waals surface area contributed by atoms with E-state index in [2.05, 4.69) is 0 Å². The van der Waals surface area contributed by atoms with E-state index < -0.39 is 18.5 Å². The first-order chi connectivity index (χ1) is 19.8. The van der Waals surface area contributed by atoms with Gasteiger partial charge >= 0.3 is 0 Å². The Hall–Kier alpha value is -3.68. The van der Waals surface area contributed by atoms with Crippen molar-refractivity contribution in [2.24, 2.45) is 5.92 Å². The number of hydrogen-bond donors (Lipinski definition) is 1. The molecule has 0 aliphatic carbocycles. The van der Waals surface area contributed by atoms with Gasteiger partial charge in [0.25, 0.3) is 0 Å². The van der Waals surface area contributed by atoms with Crippen LogP contribution in [0.15, 0.2) is 121 Å². The summed E-state index contributed by atoms with van der Waals surface area (Å²) in [6, 6.07) is 39.3. The third-order valence-corrected chi connectivity index (χ3v) is 6.99.